The lowest BCUT2D eigenvalue weighted by Gasteiger charge is -2.31. The molecule has 1 aromatic heterocycles. The minimum atomic E-state index is -0.889. The van der Waals surface area contributed by atoms with E-state index in [-0.39, 0.29) is 23.8 Å². The Labute approximate surface area is 210 Å². The molecule has 0 bridgehead atoms. The zero-order valence-corrected chi connectivity index (χ0v) is 20.7. The highest BCUT2D eigenvalue weighted by Gasteiger charge is 2.32. The lowest BCUT2D eigenvalue weighted by molar-refractivity contribution is -0.118. The number of halogens is 2. The quantitative estimate of drug-likeness (QED) is 0.350. The van der Waals surface area contributed by atoms with Crippen molar-refractivity contribution in [1.82, 2.24) is 9.55 Å². The maximum atomic E-state index is 14.0. The number of methoxy groups -OCH3 is 1. The van der Waals surface area contributed by atoms with Crippen LogP contribution in [0.25, 0.3) is 23.2 Å². The van der Waals surface area contributed by atoms with Crippen LogP contribution in [0.4, 0.5) is 8.78 Å². The van der Waals surface area contributed by atoms with Crippen LogP contribution in [-0.2, 0) is 9.53 Å². The number of aromatic nitrogens is 2. The van der Waals surface area contributed by atoms with Gasteiger partial charge in [-0.25, -0.2) is 13.8 Å². The third kappa shape index (κ3) is 4.92. The van der Waals surface area contributed by atoms with Crippen molar-refractivity contribution in [1.29, 1.82) is 0 Å². The zero-order chi connectivity index (χ0) is 25.2. The highest BCUT2D eigenvalue weighted by molar-refractivity contribution is 5.84. The molecule has 0 radical (unpaired) electrons. The van der Waals surface area contributed by atoms with Gasteiger partial charge in [0.15, 0.2) is 11.6 Å². The lowest BCUT2D eigenvalue weighted by atomic mass is 9.89. The summed E-state index contributed by atoms with van der Waals surface area (Å²) in [5.41, 5.74) is 4.48. The molecule has 2 fully saturated rings. The van der Waals surface area contributed by atoms with Crippen molar-refractivity contribution in [3.05, 3.63) is 77.1 Å². The van der Waals surface area contributed by atoms with Gasteiger partial charge in [0, 0.05) is 31.9 Å². The van der Waals surface area contributed by atoms with Gasteiger partial charge in [0.05, 0.1) is 17.1 Å². The van der Waals surface area contributed by atoms with Crippen LogP contribution in [0.5, 0.6) is 0 Å². The molecule has 1 atom stereocenters. The Morgan fingerprint density at radius 1 is 1.03 bits per heavy atom. The van der Waals surface area contributed by atoms with Crippen molar-refractivity contribution >= 4 is 29.0 Å². The molecule has 2 saturated carbocycles. The second-order valence-electron chi connectivity index (χ2n) is 10.0. The molecule has 0 amide bonds. The fourth-order valence-electron chi connectivity index (χ4n) is 5.82. The van der Waals surface area contributed by atoms with Gasteiger partial charge in [0.25, 0.3) is 0 Å². The minimum Gasteiger partial charge on any atom is -0.381 e. The number of carbonyl (C=O) groups excluding carboxylic acids is 1. The van der Waals surface area contributed by atoms with Crippen molar-refractivity contribution in [2.24, 2.45) is 0 Å². The first-order valence-corrected chi connectivity index (χ1v) is 12.8. The Hall–Kier alpha value is -3.12. The summed E-state index contributed by atoms with van der Waals surface area (Å²) >= 11 is 0. The number of carbonyl (C=O) groups is 1. The SMILES string of the molecule is C=Cc1ccc2c(c1)nc([C@@H]1CCCC(=O)C/C1=C/c1ccc(F)c(F)c1)n2C1CCC(OC)CC1. The summed E-state index contributed by atoms with van der Waals surface area (Å²) in [6.45, 7) is 3.90. The number of allylic oxidation sites excluding steroid dienone is 1. The maximum Gasteiger partial charge on any atom is 0.159 e. The summed E-state index contributed by atoms with van der Waals surface area (Å²) in [6.07, 6.45) is 10.3. The second kappa shape index (κ2) is 10.5. The van der Waals surface area contributed by atoms with E-state index in [1.807, 2.05) is 12.2 Å². The van der Waals surface area contributed by atoms with E-state index in [1.165, 1.54) is 6.07 Å². The van der Waals surface area contributed by atoms with Crippen LogP contribution in [0.15, 0.2) is 48.6 Å². The van der Waals surface area contributed by atoms with Gasteiger partial charge in [-0.1, -0.05) is 36.4 Å². The summed E-state index contributed by atoms with van der Waals surface area (Å²) in [4.78, 5) is 17.8. The van der Waals surface area contributed by atoms with Gasteiger partial charge in [0.2, 0.25) is 0 Å². The Bertz CT molecular complexity index is 1320. The van der Waals surface area contributed by atoms with E-state index in [0.29, 0.717) is 18.4 Å². The first kappa shape index (κ1) is 24.6. The van der Waals surface area contributed by atoms with Gasteiger partial charge < -0.3 is 9.30 Å². The molecule has 4 nitrogen and oxygen atoms in total. The number of ether oxygens (including phenoxy) is 1. The number of hydrogen-bond donors (Lipinski definition) is 0. The molecule has 188 valence electrons. The molecule has 2 aliphatic carbocycles. The fraction of sp³-hybridized carbons (Fsp3) is 0.400. The third-order valence-electron chi connectivity index (χ3n) is 7.72. The predicted molar refractivity (Wildman–Crippen MR) is 139 cm³/mol. The average Bonchev–Trinajstić information content (AvgIpc) is 3.16. The first-order valence-electron chi connectivity index (χ1n) is 12.8. The van der Waals surface area contributed by atoms with Gasteiger partial charge in [-0.15, -0.1) is 0 Å². The molecule has 0 N–H and O–H groups in total. The van der Waals surface area contributed by atoms with Crippen LogP contribution in [0, 0.1) is 11.6 Å². The average molecular weight is 491 g/mol. The smallest absolute Gasteiger partial charge is 0.159 e. The van der Waals surface area contributed by atoms with E-state index in [2.05, 4.69) is 29.3 Å². The van der Waals surface area contributed by atoms with Crippen LogP contribution in [-0.4, -0.2) is 28.5 Å². The molecular formula is C30H32F2N2O2. The number of hydrogen-bond acceptors (Lipinski definition) is 3. The Kier molecular flexibility index (Phi) is 7.15. The highest BCUT2D eigenvalue weighted by atomic mass is 19.2. The number of benzene rings is 2. The maximum absolute atomic E-state index is 14.0. The van der Waals surface area contributed by atoms with Crippen LogP contribution < -0.4 is 0 Å². The highest BCUT2D eigenvalue weighted by Crippen LogP contribution is 2.41. The van der Waals surface area contributed by atoms with E-state index < -0.39 is 11.6 Å². The zero-order valence-electron chi connectivity index (χ0n) is 20.7. The van der Waals surface area contributed by atoms with Crippen molar-refractivity contribution < 1.29 is 18.3 Å². The molecule has 0 unspecified atom stereocenters. The normalized spacial score (nSPS) is 24.2. The number of Topliss-reactive ketones (excluding diaryl/α,β-unsaturated/α-hetero) is 1. The molecule has 36 heavy (non-hydrogen) atoms. The van der Waals surface area contributed by atoms with Crippen LogP contribution >= 0.6 is 0 Å². The van der Waals surface area contributed by atoms with E-state index in [9.17, 15) is 13.6 Å². The van der Waals surface area contributed by atoms with Crippen molar-refractivity contribution in [2.45, 2.75) is 69.4 Å². The second-order valence-corrected chi connectivity index (χ2v) is 10.0. The lowest BCUT2D eigenvalue weighted by Crippen LogP contribution is -2.24. The minimum absolute atomic E-state index is 0.0794. The molecule has 6 heteroatoms. The number of rotatable bonds is 5. The molecule has 3 aromatic rings. The molecule has 0 aliphatic heterocycles. The van der Waals surface area contributed by atoms with Crippen molar-refractivity contribution in [2.75, 3.05) is 7.11 Å². The first-order chi connectivity index (χ1) is 17.5. The van der Waals surface area contributed by atoms with Gasteiger partial charge in [-0.2, -0.15) is 0 Å². The van der Waals surface area contributed by atoms with Crippen LogP contribution in [0.1, 0.15) is 80.3 Å². The monoisotopic (exact) mass is 490 g/mol. The van der Waals surface area contributed by atoms with E-state index in [1.54, 1.807) is 13.2 Å². The van der Waals surface area contributed by atoms with Crippen LogP contribution in [0.3, 0.4) is 0 Å². The van der Waals surface area contributed by atoms with Gasteiger partial charge >= 0.3 is 0 Å². The number of imidazole rings is 1. The summed E-state index contributed by atoms with van der Waals surface area (Å²) in [5.74, 6) is -0.722. The molecule has 2 aliphatic rings. The molecule has 0 saturated heterocycles. The topological polar surface area (TPSA) is 44.1 Å². The van der Waals surface area contributed by atoms with Crippen molar-refractivity contribution in [3.63, 3.8) is 0 Å². The molecule has 1 heterocycles. The molecule has 2 aromatic carbocycles. The fourth-order valence-corrected chi connectivity index (χ4v) is 5.82. The van der Waals surface area contributed by atoms with E-state index in [0.717, 1.165) is 72.6 Å². The number of ketones is 1. The Morgan fingerprint density at radius 2 is 1.81 bits per heavy atom. The third-order valence-corrected chi connectivity index (χ3v) is 7.72. The summed E-state index contributed by atoms with van der Waals surface area (Å²) in [6, 6.07) is 10.4. The largest absolute Gasteiger partial charge is 0.381 e. The molecule has 0 spiro atoms. The summed E-state index contributed by atoms with van der Waals surface area (Å²) in [5, 5.41) is 0. The molecular weight excluding hydrogens is 458 g/mol. The molecule has 5 rings (SSSR count). The predicted octanol–water partition coefficient (Wildman–Crippen LogP) is 7.40. The van der Waals surface area contributed by atoms with Gasteiger partial charge in [-0.3, -0.25) is 4.79 Å². The van der Waals surface area contributed by atoms with Crippen LogP contribution in [0.2, 0.25) is 0 Å². The summed E-state index contributed by atoms with van der Waals surface area (Å²) < 4.78 is 35.5. The van der Waals surface area contributed by atoms with Gasteiger partial charge in [-0.05, 0) is 73.9 Å². The van der Waals surface area contributed by atoms with E-state index in [4.69, 9.17) is 9.72 Å². The number of fused-ring (bicyclic) bond motifs is 1. The Balaban J connectivity index is 1.63. The van der Waals surface area contributed by atoms with Crippen molar-refractivity contribution in [3.8, 4) is 0 Å². The summed E-state index contributed by atoms with van der Waals surface area (Å²) in [7, 11) is 1.78. The number of nitrogens with zero attached hydrogens (tertiary/aromatic N) is 2. The standard InChI is InChI=1S/C30H32F2N2O2/c1-3-19-8-14-29-28(17-19)33-30(34(29)22-9-11-24(36-2)12-10-22)25-6-4-5-23(35)18-21(25)15-20-7-13-26(31)27(32)16-20/h3,7-8,13-17,22,24-25H,1,4-6,9-12,18H2,2H3/b21-15-/t22?,24?,25-/m1/s1. The van der Waals surface area contributed by atoms with E-state index >= 15 is 0 Å². The van der Waals surface area contributed by atoms with Gasteiger partial charge in [0.1, 0.15) is 11.6 Å². The Morgan fingerprint density at radius 3 is 2.53 bits per heavy atom.